The van der Waals surface area contributed by atoms with Gasteiger partial charge in [0.1, 0.15) is 0 Å². The Morgan fingerprint density at radius 2 is 1.93 bits per heavy atom. The third-order valence-corrected chi connectivity index (χ3v) is 6.08. The molecular formula is C21H22N6O. The van der Waals surface area contributed by atoms with E-state index in [1.807, 2.05) is 24.3 Å². The summed E-state index contributed by atoms with van der Waals surface area (Å²) in [5.74, 6) is 1.38. The summed E-state index contributed by atoms with van der Waals surface area (Å²) >= 11 is 0. The normalized spacial score (nSPS) is 23.8. The Labute approximate surface area is 163 Å². The zero-order chi connectivity index (χ0) is 19.1. The first-order valence-corrected chi connectivity index (χ1v) is 9.64. The van der Waals surface area contributed by atoms with E-state index < -0.39 is 0 Å². The van der Waals surface area contributed by atoms with Gasteiger partial charge in [-0.1, -0.05) is 42.5 Å². The summed E-state index contributed by atoms with van der Waals surface area (Å²) in [4.78, 5) is 15.8. The van der Waals surface area contributed by atoms with E-state index in [1.165, 1.54) is 11.1 Å². The maximum Gasteiger partial charge on any atom is 0.255 e. The number of fused-ring (bicyclic) bond motifs is 1. The molecule has 5 rings (SSSR count). The average Bonchev–Trinajstić information content (AvgIpc) is 3.45. The highest BCUT2D eigenvalue weighted by Crippen LogP contribution is 2.44. The van der Waals surface area contributed by atoms with Crippen molar-refractivity contribution in [3.05, 3.63) is 65.2 Å². The quantitative estimate of drug-likeness (QED) is 0.734. The molecule has 0 spiro atoms. The number of amides is 1. The number of rotatable bonds is 3. The van der Waals surface area contributed by atoms with E-state index in [4.69, 9.17) is 0 Å². The van der Waals surface area contributed by atoms with E-state index in [1.54, 1.807) is 0 Å². The molecular weight excluding hydrogens is 352 g/mol. The number of aryl methyl sites for hydroxylation is 1. The lowest BCUT2D eigenvalue weighted by molar-refractivity contribution is 0.0714. The third-order valence-electron chi connectivity index (χ3n) is 6.08. The molecule has 2 saturated heterocycles. The number of carbonyl (C=O) groups excluding carboxylic acids is 1. The van der Waals surface area contributed by atoms with Crippen LogP contribution in [0.4, 0.5) is 0 Å². The van der Waals surface area contributed by atoms with Gasteiger partial charge >= 0.3 is 0 Å². The summed E-state index contributed by atoms with van der Waals surface area (Å²) in [6.07, 6.45) is 0. The maximum absolute atomic E-state index is 13.7. The van der Waals surface area contributed by atoms with E-state index in [0.29, 0.717) is 28.8 Å². The number of likely N-dealkylation sites (tertiary alicyclic amines) is 1. The Balaban J connectivity index is 1.57. The molecule has 2 aliphatic rings. The highest BCUT2D eigenvalue weighted by Gasteiger charge is 2.47. The SMILES string of the molecule is Cc1ccccc1[C@@H]1[C@H]2CNC[C@H]2CN1C(=O)c1ccccc1-c1nn[nH]n1. The molecule has 3 atom stereocenters. The third kappa shape index (κ3) is 2.70. The molecule has 2 aliphatic heterocycles. The minimum absolute atomic E-state index is 0.0306. The van der Waals surface area contributed by atoms with E-state index in [-0.39, 0.29) is 11.9 Å². The summed E-state index contributed by atoms with van der Waals surface area (Å²) in [6.45, 7) is 4.79. The lowest BCUT2D eigenvalue weighted by Crippen LogP contribution is -2.35. The highest BCUT2D eigenvalue weighted by atomic mass is 16.2. The largest absolute Gasteiger partial charge is 0.331 e. The van der Waals surface area contributed by atoms with Crippen molar-refractivity contribution >= 4 is 5.91 Å². The molecule has 1 amide bonds. The van der Waals surface area contributed by atoms with Gasteiger partial charge in [0.2, 0.25) is 5.82 Å². The summed E-state index contributed by atoms with van der Waals surface area (Å²) in [5.41, 5.74) is 3.80. The van der Waals surface area contributed by atoms with Crippen molar-refractivity contribution in [3.8, 4) is 11.4 Å². The van der Waals surface area contributed by atoms with E-state index in [2.05, 4.69) is 62.0 Å². The Bertz CT molecular complexity index is 1000. The molecule has 0 radical (unpaired) electrons. The highest BCUT2D eigenvalue weighted by molar-refractivity contribution is 6.00. The number of nitrogens with one attached hydrogen (secondary N) is 2. The molecule has 28 heavy (non-hydrogen) atoms. The minimum atomic E-state index is 0.0306. The fourth-order valence-corrected chi connectivity index (χ4v) is 4.74. The first-order chi connectivity index (χ1) is 13.7. The van der Waals surface area contributed by atoms with Crippen molar-refractivity contribution < 1.29 is 4.79 Å². The molecule has 0 saturated carbocycles. The van der Waals surface area contributed by atoms with Crippen LogP contribution in [0.15, 0.2) is 48.5 Å². The number of carbonyl (C=O) groups is 1. The number of benzene rings is 2. The number of hydrogen-bond donors (Lipinski definition) is 2. The molecule has 7 heteroatoms. The zero-order valence-corrected chi connectivity index (χ0v) is 15.7. The van der Waals surface area contributed by atoms with Crippen molar-refractivity contribution in [1.82, 2.24) is 30.8 Å². The Hall–Kier alpha value is -3.06. The van der Waals surface area contributed by atoms with Crippen LogP contribution in [0.25, 0.3) is 11.4 Å². The minimum Gasteiger partial charge on any atom is -0.331 e. The smallest absolute Gasteiger partial charge is 0.255 e. The van der Waals surface area contributed by atoms with Crippen LogP contribution in [-0.4, -0.2) is 51.1 Å². The van der Waals surface area contributed by atoms with Crippen LogP contribution in [-0.2, 0) is 0 Å². The van der Waals surface area contributed by atoms with Gasteiger partial charge in [-0.2, -0.15) is 5.21 Å². The van der Waals surface area contributed by atoms with Gasteiger partial charge < -0.3 is 10.2 Å². The lowest BCUT2D eigenvalue weighted by Gasteiger charge is -2.30. The van der Waals surface area contributed by atoms with Gasteiger partial charge in [-0.05, 0) is 35.2 Å². The van der Waals surface area contributed by atoms with Crippen LogP contribution in [0.2, 0.25) is 0 Å². The van der Waals surface area contributed by atoms with Crippen molar-refractivity contribution in [2.75, 3.05) is 19.6 Å². The Kier molecular flexibility index (Phi) is 4.16. The molecule has 1 aromatic heterocycles. The molecule has 2 fully saturated rings. The molecule has 7 nitrogen and oxygen atoms in total. The zero-order valence-electron chi connectivity index (χ0n) is 15.7. The number of hydrogen-bond acceptors (Lipinski definition) is 5. The predicted octanol–water partition coefficient (Wildman–Crippen LogP) is 2.21. The fourth-order valence-electron chi connectivity index (χ4n) is 4.74. The fraction of sp³-hybridized carbons (Fsp3) is 0.333. The Morgan fingerprint density at radius 1 is 1.11 bits per heavy atom. The summed E-state index contributed by atoms with van der Waals surface area (Å²) in [6, 6.07) is 16.0. The van der Waals surface area contributed by atoms with Crippen LogP contribution in [0.1, 0.15) is 27.5 Å². The van der Waals surface area contributed by atoms with Gasteiger partial charge in [0.05, 0.1) is 11.6 Å². The van der Waals surface area contributed by atoms with Crippen molar-refractivity contribution in [2.24, 2.45) is 11.8 Å². The predicted molar refractivity (Wildman–Crippen MR) is 104 cm³/mol. The molecule has 0 aliphatic carbocycles. The Morgan fingerprint density at radius 3 is 2.75 bits per heavy atom. The summed E-state index contributed by atoms with van der Waals surface area (Å²) < 4.78 is 0. The molecule has 0 bridgehead atoms. The van der Waals surface area contributed by atoms with Crippen LogP contribution in [0, 0.1) is 18.8 Å². The number of tetrazole rings is 1. The van der Waals surface area contributed by atoms with Crippen molar-refractivity contribution in [3.63, 3.8) is 0 Å². The monoisotopic (exact) mass is 374 g/mol. The molecule has 2 N–H and O–H groups in total. The number of aromatic amines is 1. The standard InChI is InChI=1S/C21H22N6O/c1-13-6-2-3-7-15(13)19-18-11-22-10-14(18)12-27(19)21(28)17-9-5-4-8-16(17)20-23-25-26-24-20/h2-9,14,18-19,22H,10-12H2,1H3,(H,23,24,25,26)/t14-,18-,19+/m0/s1. The first-order valence-electron chi connectivity index (χ1n) is 9.64. The maximum atomic E-state index is 13.7. The number of nitrogens with zero attached hydrogens (tertiary/aromatic N) is 4. The van der Waals surface area contributed by atoms with Gasteiger partial charge in [-0.3, -0.25) is 4.79 Å². The second-order valence-corrected chi connectivity index (χ2v) is 7.62. The van der Waals surface area contributed by atoms with Crippen LogP contribution < -0.4 is 5.32 Å². The van der Waals surface area contributed by atoms with E-state index >= 15 is 0 Å². The number of aromatic nitrogens is 4. The summed E-state index contributed by atoms with van der Waals surface area (Å²) in [7, 11) is 0. The van der Waals surface area contributed by atoms with Gasteiger partial charge in [0.15, 0.2) is 0 Å². The number of H-pyrrole nitrogens is 1. The molecule has 3 aromatic rings. The molecule has 3 heterocycles. The van der Waals surface area contributed by atoms with Gasteiger partial charge in [0.25, 0.3) is 5.91 Å². The van der Waals surface area contributed by atoms with Gasteiger partial charge in [-0.25, -0.2) is 0 Å². The topological polar surface area (TPSA) is 86.8 Å². The second-order valence-electron chi connectivity index (χ2n) is 7.62. The van der Waals surface area contributed by atoms with E-state index in [0.717, 1.165) is 19.6 Å². The lowest BCUT2D eigenvalue weighted by atomic mass is 9.87. The van der Waals surface area contributed by atoms with Crippen molar-refractivity contribution in [2.45, 2.75) is 13.0 Å². The van der Waals surface area contributed by atoms with Crippen LogP contribution in [0.3, 0.4) is 0 Å². The van der Waals surface area contributed by atoms with Gasteiger partial charge in [-0.15, -0.1) is 10.2 Å². The average molecular weight is 374 g/mol. The van der Waals surface area contributed by atoms with Crippen LogP contribution in [0.5, 0.6) is 0 Å². The first kappa shape index (κ1) is 17.1. The van der Waals surface area contributed by atoms with Gasteiger partial charge in [0, 0.05) is 31.1 Å². The van der Waals surface area contributed by atoms with Crippen molar-refractivity contribution in [1.29, 1.82) is 0 Å². The molecule has 142 valence electrons. The van der Waals surface area contributed by atoms with Crippen LogP contribution >= 0.6 is 0 Å². The summed E-state index contributed by atoms with van der Waals surface area (Å²) in [5, 5.41) is 17.8. The second kappa shape index (κ2) is 6.83. The van der Waals surface area contributed by atoms with E-state index in [9.17, 15) is 4.79 Å². The molecule has 0 unspecified atom stereocenters. The molecule has 2 aromatic carbocycles.